The molecule has 114 valence electrons. The van der Waals surface area contributed by atoms with Crippen LogP contribution in [0.15, 0.2) is 60.0 Å². The van der Waals surface area contributed by atoms with E-state index in [0.29, 0.717) is 5.56 Å². The topological polar surface area (TPSA) is 54.4 Å². The zero-order valence-electron chi connectivity index (χ0n) is 13.2. The summed E-state index contributed by atoms with van der Waals surface area (Å²) in [7, 11) is 0. The van der Waals surface area contributed by atoms with Gasteiger partial charge in [0.05, 0.1) is 5.56 Å². The molecular formula is C18H21N3O. The molecule has 1 heterocycles. The summed E-state index contributed by atoms with van der Waals surface area (Å²) in [4.78, 5) is 15.8. The maximum absolute atomic E-state index is 11.9. The molecule has 0 bridgehead atoms. The summed E-state index contributed by atoms with van der Waals surface area (Å²) in [6.45, 7) is 6.27. The van der Waals surface area contributed by atoms with Gasteiger partial charge in [-0.05, 0) is 36.5 Å². The quantitative estimate of drug-likeness (QED) is 0.677. The molecule has 0 spiro atoms. The van der Waals surface area contributed by atoms with Crippen molar-refractivity contribution in [2.24, 2.45) is 5.10 Å². The van der Waals surface area contributed by atoms with E-state index in [-0.39, 0.29) is 11.3 Å². The molecule has 0 radical (unpaired) electrons. The Kier molecular flexibility index (Phi) is 5.04. The van der Waals surface area contributed by atoms with E-state index in [4.69, 9.17) is 0 Å². The van der Waals surface area contributed by atoms with Gasteiger partial charge in [0.15, 0.2) is 0 Å². The van der Waals surface area contributed by atoms with E-state index >= 15 is 0 Å². The van der Waals surface area contributed by atoms with E-state index < -0.39 is 0 Å². The predicted octanol–water partition coefficient (Wildman–Crippen LogP) is 3.56. The summed E-state index contributed by atoms with van der Waals surface area (Å²) in [6.07, 6.45) is 3.92. The second kappa shape index (κ2) is 6.98. The lowest BCUT2D eigenvalue weighted by molar-refractivity contribution is 0.0954. The Balaban J connectivity index is 2.00. The van der Waals surface area contributed by atoms with Crippen LogP contribution in [0.3, 0.4) is 0 Å². The van der Waals surface area contributed by atoms with Crippen LogP contribution >= 0.6 is 0 Å². The molecule has 2 aromatic rings. The van der Waals surface area contributed by atoms with E-state index in [1.807, 2.05) is 25.1 Å². The van der Waals surface area contributed by atoms with Crippen LogP contribution in [0.25, 0.3) is 0 Å². The number of benzene rings is 1. The van der Waals surface area contributed by atoms with Crippen molar-refractivity contribution < 1.29 is 4.79 Å². The highest BCUT2D eigenvalue weighted by molar-refractivity contribution is 5.95. The molecule has 1 aromatic carbocycles. The summed E-state index contributed by atoms with van der Waals surface area (Å²) in [5, 5.41) is 4.20. The molecule has 22 heavy (non-hydrogen) atoms. The van der Waals surface area contributed by atoms with Crippen molar-refractivity contribution in [1.29, 1.82) is 0 Å². The maximum Gasteiger partial charge on any atom is 0.272 e. The Labute approximate surface area is 131 Å². The molecule has 1 aromatic heterocycles. The van der Waals surface area contributed by atoms with Gasteiger partial charge in [-0.1, -0.05) is 44.2 Å². The highest BCUT2D eigenvalue weighted by atomic mass is 16.2. The first-order valence-corrected chi connectivity index (χ1v) is 7.28. The second-order valence-electron chi connectivity index (χ2n) is 5.96. The van der Waals surface area contributed by atoms with Crippen LogP contribution in [0.2, 0.25) is 0 Å². The van der Waals surface area contributed by atoms with E-state index in [1.54, 1.807) is 18.3 Å². The highest BCUT2D eigenvalue weighted by Gasteiger charge is 2.21. The molecule has 0 aliphatic carbocycles. The van der Waals surface area contributed by atoms with Gasteiger partial charge in [0, 0.05) is 18.1 Å². The zero-order chi connectivity index (χ0) is 16.0. The standard InChI is InChI=1S/C18H21N3O/c1-14(12-18(2,3)16-9-5-4-6-10-16)20-21-17(22)15-8-7-11-19-13-15/h4-11,13H,12H2,1-3H3,(H,21,22). The van der Waals surface area contributed by atoms with E-state index in [1.165, 1.54) is 11.8 Å². The fourth-order valence-electron chi connectivity index (χ4n) is 2.38. The largest absolute Gasteiger partial charge is 0.272 e. The van der Waals surface area contributed by atoms with Crippen LogP contribution in [0, 0.1) is 0 Å². The number of carbonyl (C=O) groups is 1. The lowest BCUT2D eigenvalue weighted by atomic mass is 9.80. The molecule has 4 heteroatoms. The molecule has 0 fully saturated rings. The molecule has 2 rings (SSSR count). The first-order chi connectivity index (χ1) is 10.5. The SMILES string of the molecule is CC(CC(C)(C)c1ccccc1)=NNC(=O)c1cccnc1. The van der Waals surface area contributed by atoms with E-state index in [0.717, 1.165) is 12.1 Å². The van der Waals surface area contributed by atoms with Crippen LogP contribution < -0.4 is 5.43 Å². The third-order valence-electron chi connectivity index (χ3n) is 3.53. The fraction of sp³-hybridized carbons (Fsp3) is 0.278. The van der Waals surface area contributed by atoms with Crippen LogP contribution in [0.1, 0.15) is 43.1 Å². The normalized spacial score (nSPS) is 12.0. The second-order valence-corrected chi connectivity index (χ2v) is 5.96. The van der Waals surface area contributed by atoms with Crippen molar-refractivity contribution in [1.82, 2.24) is 10.4 Å². The van der Waals surface area contributed by atoms with Gasteiger partial charge >= 0.3 is 0 Å². The number of hydrazone groups is 1. The molecular weight excluding hydrogens is 274 g/mol. The maximum atomic E-state index is 11.9. The molecule has 1 amide bonds. The first-order valence-electron chi connectivity index (χ1n) is 7.28. The minimum atomic E-state index is -0.245. The van der Waals surface area contributed by atoms with Crippen LogP contribution in [-0.4, -0.2) is 16.6 Å². The molecule has 1 N–H and O–H groups in total. The smallest absolute Gasteiger partial charge is 0.267 e. The van der Waals surface area contributed by atoms with Gasteiger partial charge in [-0.2, -0.15) is 5.10 Å². The van der Waals surface area contributed by atoms with E-state index in [2.05, 4.69) is 41.5 Å². The predicted molar refractivity (Wildman–Crippen MR) is 88.9 cm³/mol. The Bertz CT molecular complexity index is 649. The molecule has 0 aliphatic heterocycles. The molecule has 0 saturated heterocycles. The van der Waals surface area contributed by atoms with Gasteiger partial charge in [-0.25, -0.2) is 5.43 Å². The number of nitrogens with one attached hydrogen (secondary N) is 1. The summed E-state index contributed by atoms with van der Waals surface area (Å²) < 4.78 is 0. The molecule has 0 saturated carbocycles. The average molecular weight is 295 g/mol. The first kappa shape index (κ1) is 15.9. The Morgan fingerprint density at radius 1 is 1.18 bits per heavy atom. The third-order valence-corrected chi connectivity index (χ3v) is 3.53. The molecule has 0 unspecified atom stereocenters. The summed E-state index contributed by atoms with van der Waals surface area (Å²) in [5.41, 5.74) is 5.18. The summed E-state index contributed by atoms with van der Waals surface area (Å²) >= 11 is 0. The van der Waals surface area contributed by atoms with Gasteiger partial charge in [0.2, 0.25) is 0 Å². The van der Waals surface area contributed by atoms with Crippen molar-refractivity contribution >= 4 is 11.6 Å². The minimum absolute atomic E-state index is 0.0339. The van der Waals surface area contributed by atoms with Crippen molar-refractivity contribution in [3.8, 4) is 0 Å². The average Bonchev–Trinajstić information content (AvgIpc) is 2.54. The number of carbonyl (C=O) groups excluding carboxylic acids is 1. The Morgan fingerprint density at radius 2 is 1.91 bits per heavy atom. The summed E-state index contributed by atoms with van der Waals surface area (Å²) in [6, 6.07) is 13.7. The number of hydrogen-bond acceptors (Lipinski definition) is 3. The van der Waals surface area contributed by atoms with Crippen molar-refractivity contribution in [3.63, 3.8) is 0 Å². The highest BCUT2D eigenvalue weighted by Crippen LogP contribution is 2.27. The van der Waals surface area contributed by atoms with Crippen molar-refractivity contribution in [2.45, 2.75) is 32.6 Å². The van der Waals surface area contributed by atoms with Crippen LogP contribution in [0.5, 0.6) is 0 Å². The summed E-state index contributed by atoms with van der Waals surface area (Å²) in [5.74, 6) is -0.245. The van der Waals surface area contributed by atoms with Crippen molar-refractivity contribution in [3.05, 3.63) is 66.0 Å². The molecule has 0 atom stereocenters. The minimum Gasteiger partial charge on any atom is -0.267 e. The number of amides is 1. The molecule has 0 aliphatic rings. The lowest BCUT2D eigenvalue weighted by Gasteiger charge is -2.25. The zero-order valence-corrected chi connectivity index (χ0v) is 13.2. The number of rotatable bonds is 5. The van der Waals surface area contributed by atoms with Crippen molar-refractivity contribution in [2.75, 3.05) is 0 Å². The van der Waals surface area contributed by atoms with Gasteiger partial charge < -0.3 is 0 Å². The lowest BCUT2D eigenvalue weighted by Crippen LogP contribution is -2.24. The molecule has 4 nitrogen and oxygen atoms in total. The van der Waals surface area contributed by atoms with Gasteiger partial charge in [-0.3, -0.25) is 9.78 Å². The number of aromatic nitrogens is 1. The monoisotopic (exact) mass is 295 g/mol. The van der Waals surface area contributed by atoms with Gasteiger partial charge in [0.1, 0.15) is 0 Å². The van der Waals surface area contributed by atoms with Gasteiger partial charge in [-0.15, -0.1) is 0 Å². The van der Waals surface area contributed by atoms with E-state index in [9.17, 15) is 4.79 Å². The van der Waals surface area contributed by atoms with Gasteiger partial charge in [0.25, 0.3) is 5.91 Å². The Hall–Kier alpha value is -2.49. The van der Waals surface area contributed by atoms with Crippen LogP contribution in [-0.2, 0) is 5.41 Å². The number of pyridine rings is 1. The van der Waals surface area contributed by atoms with Crippen LogP contribution in [0.4, 0.5) is 0 Å². The Morgan fingerprint density at radius 3 is 2.55 bits per heavy atom. The fourth-order valence-corrected chi connectivity index (χ4v) is 2.38. The number of nitrogens with zero attached hydrogens (tertiary/aromatic N) is 2. The number of hydrogen-bond donors (Lipinski definition) is 1. The third kappa shape index (κ3) is 4.25.